The van der Waals surface area contributed by atoms with E-state index in [9.17, 15) is 23.2 Å². The second-order valence-electron chi connectivity index (χ2n) is 7.95. The molecule has 0 aliphatic carbocycles. The van der Waals surface area contributed by atoms with Gasteiger partial charge < -0.3 is 10.1 Å². The molecule has 1 N–H and O–H groups in total. The molecular formula is C25H19F2N3O4S. The summed E-state index contributed by atoms with van der Waals surface area (Å²) in [6, 6.07) is 16.7. The van der Waals surface area contributed by atoms with E-state index < -0.39 is 34.2 Å². The minimum Gasteiger partial charge on any atom is -0.497 e. The van der Waals surface area contributed by atoms with Crippen molar-refractivity contribution >= 4 is 46.5 Å². The fourth-order valence-corrected chi connectivity index (χ4v) is 5.71. The molecule has 1 spiro atoms. The highest BCUT2D eigenvalue weighted by molar-refractivity contribution is 8.02. The maximum atomic E-state index is 14.1. The number of anilines is 3. The molecule has 2 aliphatic heterocycles. The Morgan fingerprint density at radius 3 is 2.51 bits per heavy atom. The number of halogens is 2. The summed E-state index contributed by atoms with van der Waals surface area (Å²) in [5.41, 5.74) is 1.56. The van der Waals surface area contributed by atoms with Gasteiger partial charge in [-0.25, -0.2) is 8.78 Å². The van der Waals surface area contributed by atoms with Crippen molar-refractivity contribution in [2.75, 3.05) is 34.5 Å². The van der Waals surface area contributed by atoms with Crippen molar-refractivity contribution in [3.8, 4) is 5.75 Å². The number of para-hydroxylation sites is 1. The molecule has 0 radical (unpaired) electrons. The number of rotatable bonds is 5. The van der Waals surface area contributed by atoms with Crippen LogP contribution >= 0.6 is 11.8 Å². The molecule has 2 heterocycles. The van der Waals surface area contributed by atoms with Crippen LogP contribution in [-0.2, 0) is 19.3 Å². The molecule has 2 aliphatic rings. The maximum absolute atomic E-state index is 14.1. The zero-order chi connectivity index (χ0) is 24.7. The third-order valence-corrected chi connectivity index (χ3v) is 7.29. The van der Waals surface area contributed by atoms with Crippen molar-refractivity contribution in [2.24, 2.45) is 0 Å². The quantitative estimate of drug-likeness (QED) is 0.581. The first kappa shape index (κ1) is 22.9. The minimum atomic E-state index is -1.53. The monoisotopic (exact) mass is 495 g/mol. The number of hydrogen-bond donors (Lipinski definition) is 1. The highest BCUT2D eigenvalue weighted by atomic mass is 32.2. The summed E-state index contributed by atoms with van der Waals surface area (Å²) in [6.45, 7) is -0.302. The summed E-state index contributed by atoms with van der Waals surface area (Å²) in [5.74, 6) is -2.96. The van der Waals surface area contributed by atoms with Crippen LogP contribution < -0.4 is 19.9 Å². The summed E-state index contributed by atoms with van der Waals surface area (Å²) in [6.07, 6.45) is 0. The van der Waals surface area contributed by atoms with Gasteiger partial charge in [-0.05, 0) is 42.5 Å². The lowest BCUT2D eigenvalue weighted by Crippen LogP contribution is -2.51. The molecule has 5 rings (SSSR count). The number of ether oxygens (including phenoxy) is 1. The minimum absolute atomic E-state index is 0.0368. The average Bonchev–Trinajstić information content (AvgIpc) is 3.32. The highest BCUT2D eigenvalue weighted by Gasteiger charge is 2.61. The van der Waals surface area contributed by atoms with Crippen LogP contribution in [0.3, 0.4) is 0 Å². The van der Waals surface area contributed by atoms with E-state index in [0.717, 1.165) is 23.9 Å². The van der Waals surface area contributed by atoms with Gasteiger partial charge in [0.1, 0.15) is 12.3 Å². The van der Waals surface area contributed by atoms with E-state index in [-0.39, 0.29) is 18.0 Å². The van der Waals surface area contributed by atoms with Crippen LogP contribution in [0.15, 0.2) is 66.7 Å². The Morgan fingerprint density at radius 1 is 1.06 bits per heavy atom. The lowest BCUT2D eigenvalue weighted by atomic mass is 10.0. The first-order valence-corrected chi connectivity index (χ1v) is 11.6. The van der Waals surface area contributed by atoms with Gasteiger partial charge in [0, 0.05) is 23.0 Å². The molecule has 0 bridgehead atoms. The molecule has 3 aromatic carbocycles. The first-order chi connectivity index (χ1) is 16.8. The van der Waals surface area contributed by atoms with E-state index in [1.54, 1.807) is 48.5 Å². The number of methoxy groups -OCH3 is 1. The van der Waals surface area contributed by atoms with Crippen molar-refractivity contribution in [1.82, 2.24) is 0 Å². The van der Waals surface area contributed by atoms with Crippen LogP contribution in [0.1, 0.15) is 5.56 Å². The molecular weight excluding hydrogens is 476 g/mol. The van der Waals surface area contributed by atoms with E-state index in [0.29, 0.717) is 22.7 Å². The Morgan fingerprint density at radius 2 is 1.80 bits per heavy atom. The number of benzene rings is 3. The molecule has 10 heteroatoms. The Balaban J connectivity index is 1.49. The van der Waals surface area contributed by atoms with Crippen LogP contribution in [0.25, 0.3) is 0 Å². The van der Waals surface area contributed by atoms with Gasteiger partial charge in [-0.1, -0.05) is 18.2 Å². The molecule has 178 valence electrons. The third kappa shape index (κ3) is 3.70. The number of carbonyl (C=O) groups excluding carboxylic acids is 3. The fourth-order valence-electron chi connectivity index (χ4n) is 4.35. The molecule has 1 fully saturated rings. The van der Waals surface area contributed by atoms with E-state index in [4.69, 9.17) is 4.74 Å². The number of nitrogens with one attached hydrogen (secondary N) is 1. The van der Waals surface area contributed by atoms with Crippen LogP contribution in [-0.4, -0.2) is 37.1 Å². The third-order valence-electron chi connectivity index (χ3n) is 5.90. The number of carbonyl (C=O) groups is 3. The second-order valence-corrected chi connectivity index (χ2v) is 9.11. The number of amides is 3. The van der Waals surface area contributed by atoms with Crippen molar-refractivity contribution in [3.05, 3.63) is 83.9 Å². The summed E-state index contributed by atoms with van der Waals surface area (Å²) in [5, 5.41) is 2.75. The summed E-state index contributed by atoms with van der Waals surface area (Å²) >= 11 is 1.09. The number of hydrogen-bond acceptors (Lipinski definition) is 5. The van der Waals surface area contributed by atoms with Crippen molar-refractivity contribution in [3.63, 3.8) is 0 Å². The lowest BCUT2D eigenvalue weighted by molar-refractivity contribution is -0.124. The summed E-state index contributed by atoms with van der Waals surface area (Å²) in [7, 11) is 1.54. The number of nitrogens with zero attached hydrogens (tertiary/aromatic N) is 2. The normalized spacial score (nSPS) is 18.8. The maximum Gasteiger partial charge on any atom is 0.269 e. The molecule has 1 saturated heterocycles. The Kier molecular flexibility index (Phi) is 5.68. The smallest absolute Gasteiger partial charge is 0.269 e. The first-order valence-electron chi connectivity index (χ1n) is 10.6. The van der Waals surface area contributed by atoms with Gasteiger partial charge >= 0.3 is 0 Å². The van der Waals surface area contributed by atoms with Crippen molar-refractivity contribution in [1.29, 1.82) is 0 Å². The van der Waals surface area contributed by atoms with Crippen LogP contribution in [0.5, 0.6) is 5.75 Å². The van der Waals surface area contributed by atoms with Crippen molar-refractivity contribution in [2.45, 2.75) is 4.87 Å². The molecule has 0 saturated carbocycles. The van der Waals surface area contributed by atoms with E-state index in [1.807, 2.05) is 0 Å². The largest absolute Gasteiger partial charge is 0.497 e. The predicted molar refractivity (Wildman–Crippen MR) is 128 cm³/mol. The fraction of sp³-hybridized carbons (Fsp3) is 0.160. The van der Waals surface area contributed by atoms with Gasteiger partial charge in [-0.3, -0.25) is 24.2 Å². The van der Waals surface area contributed by atoms with E-state index in [1.165, 1.54) is 23.0 Å². The molecule has 7 nitrogen and oxygen atoms in total. The number of fused-ring (bicyclic) bond motifs is 2. The van der Waals surface area contributed by atoms with Crippen LogP contribution in [0.4, 0.5) is 25.8 Å². The lowest BCUT2D eigenvalue weighted by Gasteiger charge is -2.33. The van der Waals surface area contributed by atoms with Gasteiger partial charge in [0.05, 0.1) is 18.6 Å². The highest BCUT2D eigenvalue weighted by Crippen LogP contribution is 2.55. The molecule has 3 amide bonds. The van der Waals surface area contributed by atoms with Gasteiger partial charge in [0.25, 0.3) is 5.91 Å². The van der Waals surface area contributed by atoms with Gasteiger partial charge in [0.2, 0.25) is 16.7 Å². The molecule has 0 aromatic heterocycles. The molecule has 35 heavy (non-hydrogen) atoms. The predicted octanol–water partition coefficient (Wildman–Crippen LogP) is 3.89. The number of thioether (sulfide) groups is 1. The average molecular weight is 496 g/mol. The van der Waals surface area contributed by atoms with Gasteiger partial charge in [-0.15, -0.1) is 11.8 Å². The van der Waals surface area contributed by atoms with Crippen molar-refractivity contribution < 1.29 is 27.9 Å². The molecule has 1 unspecified atom stereocenters. The Bertz CT molecular complexity index is 1350. The van der Waals surface area contributed by atoms with Crippen LogP contribution in [0.2, 0.25) is 0 Å². The summed E-state index contributed by atoms with van der Waals surface area (Å²) in [4.78, 5) is 40.7. The Labute approximate surface area is 203 Å². The topological polar surface area (TPSA) is 79.0 Å². The van der Waals surface area contributed by atoms with Gasteiger partial charge in [-0.2, -0.15) is 0 Å². The van der Waals surface area contributed by atoms with E-state index in [2.05, 4.69) is 5.32 Å². The van der Waals surface area contributed by atoms with Crippen LogP contribution in [0, 0.1) is 11.6 Å². The Hall–Kier alpha value is -3.92. The SMILES string of the molecule is COc1ccc(NC(=O)CN2C(=O)C3(SCC(=O)N3c3ccc(F)c(F)c3)c3ccccc32)cc1. The summed E-state index contributed by atoms with van der Waals surface area (Å²) < 4.78 is 32.8. The molecule has 1 atom stereocenters. The molecule has 3 aromatic rings. The second kappa shape index (κ2) is 8.70. The van der Waals surface area contributed by atoms with E-state index >= 15 is 0 Å². The zero-order valence-electron chi connectivity index (χ0n) is 18.5. The van der Waals surface area contributed by atoms with Gasteiger partial charge in [0.15, 0.2) is 11.6 Å². The zero-order valence-corrected chi connectivity index (χ0v) is 19.3. The standard InChI is InChI=1S/C25H19F2N3O4S/c1-34-17-9-6-15(7-10-17)28-22(31)13-29-21-5-3-2-4-18(21)25(24(29)33)30(23(32)14-35-25)16-8-11-19(26)20(27)12-16/h2-12H,13-14H2,1H3,(H,28,31).